The number of carboxylic acids is 1. The third kappa shape index (κ3) is 2.09. The molecule has 1 aromatic heterocycles. The Kier molecular flexibility index (Phi) is 3.10. The topological polar surface area (TPSA) is 80.9 Å². The van der Waals surface area contributed by atoms with Crippen LogP contribution in [0.1, 0.15) is 24.1 Å². The normalized spacial score (nSPS) is 12.4. The van der Waals surface area contributed by atoms with Gasteiger partial charge >= 0.3 is 5.97 Å². The van der Waals surface area contributed by atoms with Gasteiger partial charge in [0.25, 0.3) is 0 Å². The third-order valence-corrected chi connectivity index (χ3v) is 2.98. The van der Waals surface area contributed by atoms with E-state index >= 15 is 0 Å². The van der Waals surface area contributed by atoms with E-state index in [0.717, 1.165) is 11.1 Å². The van der Waals surface area contributed by atoms with Crippen LogP contribution in [0.15, 0.2) is 18.2 Å². The molecule has 0 aliphatic carbocycles. The lowest BCUT2D eigenvalue weighted by Crippen LogP contribution is -2.18. The predicted octanol–water partition coefficient (Wildman–Crippen LogP) is 1.60. The van der Waals surface area contributed by atoms with E-state index in [0.29, 0.717) is 5.82 Å². The Morgan fingerprint density at radius 2 is 2.06 bits per heavy atom. The maximum Gasteiger partial charge on any atom is 0.328 e. The van der Waals surface area contributed by atoms with E-state index in [1.165, 1.54) is 10.2 Å². The van der Waals surface area contributed by atoms with Crippen molar-refractivity contribution in [2.45, 2.75) is 26.8 Å². The van der Waals surface area contributed by atoms with Crippen molar-refractivity contribution in [1.29, 1.82) is 0 Å². The number of tetrazole rings is 1. The van der Waals surface area contributed by atoms with E-state index in [1.807, 2.05) is 32.0 Å². The van der Waals surface area contributed by atoms with Crippen LogP contribution in [0.4, 0.5) is 0 Å². The first-order valence-corrected chi connectivity index (χ1v) is 5.59. The summed E-state index contributed by atoms with van der Waals surface area (Å²) in [6.45, 7) is 5.55. The molecule has 6 nitrogen and oxygen atoms in total. The Labute approximate surface area is 104 Å². The van der Waals surface area contributed by atoms with Gasteiger partial charge in [-0.3, -0.25) is 0 Å². The van der Waals surface area contributed by atoms with Crippen LogP contribution in [0.25, 0.3) is 11.4 Å². The Morgan fingerprint density at radius 1 is 1.33 bits per heavy atom. The van der Waals surface area contributed by atoms with Gasteiger partial charge < -0.3 is 5.11 Å². The fourth-order valence-corrected chi connectivity index (χ4v) is 1.63. The SMILES string of the molecule is Cc1ccc(-c2nnnn2C(C)C(=O)O)cc1C. The summed E-state index contributed by atoms with van der Waals surface area (Å²) in [4.78, 5) is 11.0. The van der Waals surface area contributed by atoms with E-state index in [4.69, 9.17) is 5.11 Å². The summed E-state index contributed by atoms with van der Waals surface area (Å²) in [5.41, 5.74) is 3.10. The number of aromatic nitrogens is 4. The molecule has 0 amide bonds. The maximum absolute atomic E-state index is 11.0. The van der Waals surface area contributed by atoms with Crippen LogP contribution >= 0.6 is 0 Å². The van der Waals surface area contributed by atoms with Crippen molar-refractivity contribution in [3.05, 3.63) is 29.3 Å². The summed E-state index contributed by atoms with van der Waals surface area (Å²) in [6.07, 6.45) is 0. The molecule has 1 unspecified atom stereocenters. The van der Waals surface area contributed by atoms with E-state index in [2.05, 4.69) is 15.5 Å². The van der Waals surface area contributed by atoms with Gasteiger partial charge in [0.05, 0.1) is 0 Å². The zero-order valence-electron chi connectivity index (χ0n) is 10.5. The minimum absolute atomic E-state index is 0.466. The zero-order valence-corrected chi connectivity index (χ0v) is 10.5. The summed E-state index contributed by atoms with van der Waals surface area (Å²) in [6, 6.07) is 5.01. The molecular formula is C12H14N4O2. The molecule has 1 aromatic carbocycles. The van der Waals surface area contributed by atoms with Crippen LogP contribution < -0.4 is 0 Å². The largest absolute Gasteiger partial charge is 0.480 e. The summed E-state index contributed by atoms with van der Waals surface area (Å²) < 4.78 is 1.31. The zero-order chi connectivity index (χ0) is 13.3. The molecule has 1 atom stereocenters. The van der Waals surface area contributed by atoms with Crippen LogP contribution in [-0.4, -0.2) is 31.3 Å². The number of aliphatic carboxylic acids is 1. The second kappa shape index (κ2) is 4.56. The summed E-state index contributed by atoms with van der Waals surface area (Å²) in [5.74, 6) is -0.500. The molecule has 0 saturated carbocycles. The van der Waals surface area contributed by atoms with Gasteiger partial charge in [-0.15, -0.1) is 5.10 Å². The van der Waals surface area contributed by atoms with Crippen LogP contribution in [0, 0.1) is 13.8 Å². The Hall–Kier alpha value is -2.24. The smallest absolute Gasteiger partial charge is 0.328 e. The highest BCUT2D eigenvalue weighted by Crippen LogP contribution is 2.21. The number of benzene rings is 1. The molecule has 6 heteroatoms. The predicted molar refractivity (Wildman–Crippen MR) is 65.1 cm³/mol. The molecule has 0 bridgehead atoms. The first-order valence-electron chi connectivity index (χ1n) is 5.59. The lowest BCUT2D eigenvalue weighted by molar-refractivity contribution is -0.140. The molecule has 0 aliphatic heterocycles. The molecule has 94 valence electrons. The quantitative estimate of drug-likeness (QED) is 0.889. The lowest BCUT2D eigenvalue weighted by Gasteiger charge is -2.09. The van der Waals surface area contributed by atoms with Crippen LogP contribution in [-0.2, 0) is 4.79 Å². The van der Waals surface area contributed by atoms with Gasteiger partial charge in [-0.2, -0.15) is 0 Å². The summed E-state index contributed by atoms with van der Waals surface area (Å²) in [5, 5.41) is 20.2. The number of hydrogen-bond donors (Lipinski definition) is 1. The molecule has 1 N–H and O–H groups in total. The first-order chi connectivity index (χ1) is 8.50. The standard InChI is InChI=1S/C12H14N4O2/c1-7-4-5-10(6-8(7)2)11-13-14-15-16(11)9(3)12(17)18/h4-6,9H,1-3H3,(H,17,18). The summed E-state index contributed by atoms with van der Waals surface area (Å²) >= 11 is 0. The minimum atomic E-state index is -0.965. The van der Waals surface area contributed by atoms with Gasteiger partial charge in [0.15, 0.2) is 11.9 Å². The van der Waals surface area contributed by atoms with Gasteiger partial charge in [-0.05, 0) is 48.4 Å². The Balaban J connectivity index is 2.48. The summed E-state index contributed by atoms with van der Waals surface area (Å²) in [7, 11) is 0. The van der Waals surface area contributed by atoms with Gasteiger partial charge in [0.1, 0.15) is 0 Å². The number of rotatable bonds is 3. The number of nitrogens with zero attached hydrogens (tertiary/aromatic N) is 4. The number of carbonyl (C=O) groups is 1. The third-order valence-electron chi connectivity index (χ3n) is 2.98. The van der Waals surface area contributed by atoms with E-state index in [-0.39, 0.29) is 0 Å². The monoisotopic (exact) mass is 246 g/mol. The van der Waals surface area contributed by atoms with Crippen molar-refractivity contribution in [3.63, 3.8) is 0 Å². The number of hydrogen-bond acceptors (Lipinski definition) is 4. The molecule has 0 fully saturated rings. The molecule has 2 rings (SSSR count). The van der Waals surface area contributed by atoms with Crippen molar-refractivity contribution in [3.8, 4) is 11.4 Å². The van der Waals surface area contributed by atoms with E-state index < -0.39 is 12.0 Å². The molecule has 1 heterocycles. The molecule has 0 spiro atoms. The van der Waals surface area contributed by atoms with Crippen molar-refractivity contribution < 1.29 is 9.90 Å². The average Bonchev–Trinajstić information content (AvgIpc) is 2.80. The van der Waals surface area contributed by atoms with Crippen molar-refractivity contribution in [2.75, 3.05) is 0 Å². The maximum atomic E-state index is 11.0. The van der Waals surface area contributed by atoms with E-state index in [1.54, 1.807) is 6.92 Å². The van der Waals surface area contributed by atoms with Crippen LogP contribution in [0.3, 0.4) is 0 Å². The molecule has 2 aromatic rings. The van der Waals surface area contributed by atoms with Crippen molar-refractivity contribution in [2.24, 2.45) is 0 Å². The minimum Gasteiger partial charge on any atom is -0.480 e. The molecular weight excluding hydrogens is 232 g/mol. The fraction of sp³-hybridized carbons (Fsp3) is 0.333. The van der Waals surface area contributed by atoms with Crippen LogP contribution in [0.5, 0.6) is 0 Å². The molecule has 18 heavy (non-hydrogen) atoms. The Bertz CT molecular complexity index is 592. The lowest BCUT2D eigenvalue weighted by atomic mass is 10.1. The van der Waals surface area contributed by atoms with Gasteiger partial charge in [-0.25, -0.2) is 9.48 Å². The molecule has 0 aliphatic rings. The second-order valence-corrected chi connectivity index (χ2v) is 4.26. The van der Waals surface area contributed by atoms with E-state index in [9.17, 15) is 4.79 Å². The van der Waals surface area contributed by atoms with Crippen molar-refractivity contribution in [1.82, 2.24) is 20.2 Å². The van der Waals surface area contributed by atoms with Crippen molar-refractivity contribution >= 4 is 5.97 Å². The Morgan fingerprint density at radius 3 is 2.67 bits per heavy atom. The van der Waals surface area contributed by atoms with Gasteiger partial charge in [-0.1, -0.05) is 12.1 Å². The number of aryl methyl sites for hydroxylation is 2. The number of carboxylic acid groups (broad SMARTS) is 1. The van der Waals surface area contributed by atoms with Gasteiger partial charge in [0.2, 0.25) is 0 Å². The second-order valence-electron chi connectivity index (χ2n) is 4.26. The first kappa shape index (κ1) is 12.2. The highest BCUT2D eigenvalue weighted by molar-refractivity contribution is 5.72. The highest BCUT2D eigenvalue weighted by atomic mass is 16.4. The molecule has 0 saturated heterocycles. The highest BCUT2D eigenvalue weighted by Gasteiger charge is 2.20. The van der Waals surface area contributed by atoms with Crippen LogP contribution in [0.2, 0.25) is 0 Å². The fourth-order valence-electron chi connectivity index (χ4n) is 1.63. The molecule has 0 radical (unpaired) electrons. The average molecular weight is 246 g/mol. The van der Waals surface area contributed by atoms with Gasteiger partial charge in [0, 0.05) is 5.56 Å².